The van der Waals surface area contributed by atoms with E-state index in [4.69, 9.17) is 5.11 Å². The zero-order chi connectivity index (χ0) is 15.7. The summed E-state index contributed by atoms with van der Waals surface area (Å²) in [6.07, 6.45) is 4.95. The highest BCUT2D eigenvalue weighted by atomic mass is 32.2. The van der Waals surface area contributed by atoms with Gasteiger partial charge in [0.25, 0.3) is 0 Å². The monoisotopic (exact) mass is 331 g/mol. The number of sulfonamides is 1. The highest BCUT2D eigenvalue weighted by Crippen LogP contribution is 2.09. The first-order valence-corrected chi connectivity index (χ1v) is 9.78. The molecule has 1 aromatic rings. The number of carbonyl (C=O) groups is 1. The van der Waals surface area contributed by atoms with Gasteiger partial charge in [-0.3, -0.25) is 0 Å². The summed E-state index contributed by atoms with van der Waals surface area (Å²) < 4.78 is 26.4. The molecule has 118 valence electrons. The predicted octanol–water partition coefficient (Wildman–Crippen LogP) is 2.34. The molecule has 0 aliphatic rings. The highest BCUT2D eigenvalue weighted by molar-refractivity contribution is 7.98. The zero-order valence-electron chi connectivity index (χ0n) is 12.0. The molecule has 0 fully saturated rings. The smallest absolute Gasteiger partial charge is 0.335 e. The number of nitrogens with one attached hydrogen (secondary N) is 1. The summed E-state index contributed by atoms with van der Waals surface area (Å²) in [6.45, 7) is 0.426. The summed E-state index contributed by atoms with van der Waals surface area (Å²) in [5, 5.41) is 8.88. The molecule has 0 amide bonds. The molecule has 0 aliphatic heterocycles. The van der Waals surface area contributed by atoms with E-state index in [0.717, 1.165) is 25.0 Å². The van der Waals surface area contributed by atoms with E-state index in [9.17, 15) is 13.2 Å². The Kier molecular flexibility index (Phi) is 7.77. The number of carboxylic acid groups (broad SMARTS) is 1. The minimum atomic E-state index is -3.42. The van der Waals surface area contributed by atoms with Crippen LogP contribution in [0.25, 0.3) is 0 Å². The van der Waals surface area contributed by atoms with Crippen LogP contribution in [0.1, 0.15) is 35.2 Å². The Balaban J connectivity index is 2.45. The average molecular weight is 331 g/mol. The van der Waals surface area contributed by atoms with E-state index in [1.165, 1.54) is 12.1 Å². The summed E-state index contributed by atoms with van der Waals surface area (Å²) in [5.74, 6) is -0.163. The van der Waals surface area contributed by atoms with Gasteiger partial charge in [-0.2, -0.15) is 11.8 Å². The van der Waals surface area contributed by atoms with Gasteiger partial charge in [0.1, 0.15) is 0 Å². The maximum atomic E-state index is 11.9. The van der Waals surface area contributed by atoms with E-state index in [1.807, 2.05) is 6.26 Å². The summed E-state index contributed by atoms with van der Waals surface area (Å²) in [6, 6.07) is 6.00. The van der Waals surface area contributed by atoms with Crippen LogP contribution in [0, 0.1) is 0 Å². The normalized spacial score (nSPS) is 11.5. The molecule has 0 atom stereocenters. The van der Waals surface area contributed by atoms with Gasteiger partial charge in [-0.05, 0) is 42.5 Å². The second-order valence-electron chi connectivity index (χ2n) is 4.71. The number of carboxylic acids is 1. The highest BCUT2D eigenvalue weighted by Gasteiger charge is 2.12. The molecule has 0 saturated carbocycles. The van der Waals surface area contributed by atoms with Crippen LogP contribution in [-0.2, 0) is 15.8 Å². The van der Waals surface area contributed by atoms with Crippen molar-refractivity contribution in [1.29, 1.82) is 0 Å². The third-order valence-electron chi connectivity index (χ3n) is 2.88. The Morgan fingerprint density at radius 1 is 1.29 bits per heavy atom. The van der Waals surface area contributed by atoms with Crippen LogP contribution >= 0.6 is 11.8 Å². The molecule has 0 radical (unpaired) electrons. The second-order valence-corrected chi connectivity index (χ2v) is 7.50. The van der Waals surface area contributed by atoms with Crippen LogP contribution in [0.2, 0.25) is 0 Å². The third kappa shape index (κ3) is 7.50. The maximum absolute atomic E-state index is 11.9. The van der Waals surface area contributed by atoms with Crippen LogP contribution in [0.3, 0.4) is 0 Å². The van der Waals surface area contributed by atoms with Gasteiger partial charge in [0.15, 0.2) is 0 Å². The summed E-state index contributed by atoms with van der Waals surface area (Å²) in [4.78, 5) is 10.8. The number of rotatable bonds is 10. The molecule has 0 unspecified atom stereocenters. The van der Waals surface area contributed by atoms with Crippen molar-refractivity contribution in [1.82, 2.24) is 4.72 Å². The lowest BCUT2D eigenvalue weighted by atomic mass is 10.1. The van der Waals surface area contributed by atoms with Gasteiger partial charge in [0.2, 0.25) is 10.0 Å². The number of hydrogen-bond donors (Lipinski definition) is 2. The van der Waals surface area contributed by atoms with Crippen molar-refractivity contribution >= 4 is 27.8 Å². The summed E-state index contributed by atoms with van der Waals surface area (Å²) >= 11 is 1.78. The van der Waals surface area contributed by atoms with Crippen molar-refractivity contribution in [2.45, 2.75) is 25.0 Å². The third-order valence-corrected chi connectivity index (χ3v) is 4.93. The summed E-state index contributed by atoms with van der Waals surface area (Å²) in [7, 11) is -3.42. The number of unbranched alkanes of at least 4 members (excludes halogenated alkanes) is 2. The molecular weight excluding hydrogens is 310 g/mol. The fraction of sp³-hybridized carbons (Fsp3) is 0.500. The van der Waals surface area contributed by atoms with E-state index in [0.29, 0.717) is 12.1 Å². The first-order valence-electron chi connectivity index (χ1n) is 6.73. The maximum Gasteiger partial charge on any atom is 0.335 e. The SMILES string of the molecule is CSCCCCCNS(=O)(=O)Cc1cccc(C(=O)O)c1. The van der Waals surface area contributed by atoms with Crippen molar-refractivity contribution in [3.05, 3.63) is 35.4 Å². The fourth-order valence-corrected chi connectivity index (χ4v) is 3.51. The molecule has 5 nitrogen and oxygen atoms in total. The molecule has 0 saturated heterocycles. The van der Waals surface area contributed by atoms with Crippen molar-refractivity contribution < 1.29 is 18.3 Å². The molecule has 1 aromatic carbocycles. The molecule has 0 aliphatic carbocycles. The van der Waals surface area contributed by atoms with Gasteiger partial charge >= 0.3 is 5.97 Å². The fourth-order valence-electron chi connectivity index (χ4n) is 1.84. The van der Waals surface area contributed by atoms with Crippen molar-refractivity contribution in [3.63, 3.8) is 0 Å². The van der Waals surface area contributed by atoms with E-state index >= 15 is 0 Å². The average Bonchev–Trinajstić information content (AvgIpc) is 2.42. The molecule has 0 bridgehead atoms. The lowest BCUT2D eigenvalue weighted by Crippen LogP contribution is -2.26. The number of thioether (sulfide) groups is 1. The standard InChI is InChI=1S/C14H21NO4S2/c1-20-9-4-2-3-8-15-21(18,19)11-12-6-5-7-13(10-12)14(16)17/h5-7,10,15H,2-4,8-9,11H2,1H3,(H,16,17). The zero-order valence-corrected chi connectivity index (χ0v) is 13.7. The Labute approximate surface area is 130 Å². The topological polar surface area (TPSA) is 83.5 Å². The first kappa shape index (κ1) is 18.0. The minimum absolute atomic E-state index is 0.0970. The van der Waals surface area contributed by atoms with E-state index in [-0.39, 0.29) is 11.3 Å². The quantitative estimate of drug-likeness (QED) is 0.643. The molecule has 1 rings (SSSR count). The number of aromatic carboxylic acids is 1. The van der Waals surface area contributed by atoms with E-state index < -0.39 is 16.0 Å². The first-order chi connectivity index (χ1) is 9.94. The van der Waals surface area contributed by atoms with Gasteiger partial charge in [-0.25, -0.2) is 17.9 Å². The molecule has 7 heteroatoms. The van der Waals surface area contributed by atoms with Gasteiger partial charge in [0, 0.05) is 6.54 Å². The van der Waals surface area contributed by atoms with Crippen LogP contribution in [0.5, 0.6) is 0 Å². The number of hydrogen-bond acceptors (Lipinski definition) is 4. The van der Waals surface area contributed by atoms with Gasteiger partial charge < -0.3 is 5.11 Å². The predicted molar refractivity (Wildman–Crippen MR) is 86.3 cm³/mol. The lowest BCUT2D eigenvalue weighted by molar-refractivity contribution is 0.0696. The van der Waals surface area contributed by atoms with Crippen molar-refractivity contribution in [2.24, 2.45) is 0 Å². The molecule has 2 N–H and O–H groups in total. The van der Waals surface area contributed by atoms with Crippen LogP contribution < -0.4 is 4.72 Å². The molecule has 21 heavy (non-hydrogen) atoms. The van der Waals surface area contributed by atoms with E-state index in [1.54, 1.807) is 23.9 Å². The van der Waals surface area contributed by atoms with E-state index in [2.05, 4.69) is 4.72 Å². The lowest BCUT2D eigenvalue weighted by Gasteiger charge is -2.07. The van der Waals surface area contributed by atoms with Crippen LogP contribution in [0.4, 0.5) is 0 Å². The van der Waals surface area contributed by atoms with Crippen LogP contribution in [-0.4, -0.2) is 38.0 Å². The summed E-state index contributed by atoms with van der Waals surface area (Å²) in [5.41, 5.74) is 0.574. The van der Waals surface area contributed by atoms with Gasteiger partial charge in [0.05, 0.1) is 11.3 Å². The Bertz CT molecular complexity index is 558. The minimum Gasteiger partial charge on any atom is -0.478 e. The Morgan fingerprint density at radius 3 is 2.71 bits per heavy atom. The second kappa shape index (κ2) is 9.07. The van der Waals surface area contributed by atoms with Crippen LogP contribution in [0.15, 0.2) is 24.3 Å². The van der Waals surface area contributed by atoms with Gasteiger partial charge in [-0.1, -0.05) is 18.6 Å². The Hall–Kier alpha value is -1.05. The van der Waals surface area contributed by atoms with Gasteiger partial charge in [-0.15, -0.1) is 0 Å². The molecule has 0 aromatic heterocycles. The Morgan fingerprint density at radius 2 is 2.05 bits per heavy atom. The molecule has 0 spiro atoms. The number of benzene rings is 1. The molecular formula is C14H21NO4S2. The van der Waals surface area contributed by atoms with Crippen molar-refractivity contribution in [2.75, 3.05) is 18.6 Å². The van der Waals surface area contributed by atoms with Crippen molar-refractivity contribution in [3.8, 4) is 0 Å². The molecule has 0 heterocycles. The largest absolute Gasteiger partial charge is 0.478 e.